The van der Waals surface area contributed by atoms with E-state index in [0.29, 0.717) is 17.3 Å². The van der Waals surface area contributed by atoms with E-state index in [1.807, 2.05) is 0 Å². The van der Waals surface area contributed by atoms with E-state index < -0.39 is 30.9 Å². The number of aliphatic carboxylic acids is 1. The van der Waals surface area contributed by atoms with Crippen molar-refractivity contribution in [2.75, 3.05) is 11.4 Å². The van der Waals surface area contributed by atoms with Gasteiger partial charge < -0.3 is 15.7 Å². The van der Waals surface area contributed by atoms with Gasteiger partial charge in [0.15, 0.2) is 0 Å². The number of anilines is 1. The van der Waals surface area contributed by atoms with Gasteiger partial charge in [-0.25, -0.2) is 18.7 Å². The Labute approximate surface area is 114 Å². The average molecular weight is 286 g/mol. The summed E-state index contributed by atoms with van der Waals surface area (Å²) >= 11 is 0. The number of hydrogen-bond donors (Lipinski definition) is 2. The van der Waals surface area contributed by atoms with Crippen molar-refractivity contribution in [1.29, 1.82) is 0 Å². The fourth-order valence-electron chi connectivity index (χ4n) is 2.41. The average Bonchev–Trinajstić information content (AvgIpc) is 2.62. The van der Waals surface area contributed by atoms with E-state index in [9.17, 15) is 13.6 Å². The Morgan fingerprint density at radius 1 is 1.60 bits per heavy atom. The molecule has 3 N–H and O–H groups in total. The van der Waals surface area contributed by atoms with E-state index in [2.05, 4.69) is 9.97 Å². The number of carbonyl (C=O) groups is 1. The molecule has 1 fully saturated rings. The number of aryl methyl sites for hydroxylation is 1. The van der Waals surface area contributed by atoms with Crippen molar-refractivity contribution in [3.63, 3.8) is 0 Å². The van der Waals surface area contributed by atoms with E-state index in [4.69, 9.17) is 10.8 Å². The van der Waals surface area contributed by atoms with Crippen LogP contribution >= 0.6 is 0 Å². The second-order valence-electron chi connectivity index (χ2n) is 4.91. The van der Waals surface area contributed by atoms with Crippen LogP contribution in [-0.4, -0.2) is 39.6 Å². The van der Waals surface area contributed by atoms with Gasteiger partial charge in [0.1, 0.15) is 11.6 Å². The third-order valence-electron chi connectivity index (χ3n) is 3.17. The minimum atomic E-state index is -2.91. The second kappa shape index (κ2) is 5.28. The van der Waals surface area contributed by atoms with Crippen molar-refractivity contribution in [3.8, 4) is 0 Å². The summed E-state index contributed by atoms with van der Waals surface area (Å²) in [4.78, 5) is 20.3. The van der Waals surface area contributed by atoms with Crippen molar-refractivity contribution in [3.05, 3.63) is 17.6 Å². The monoisotopic (exact) mass is 286 g/mol. The van der Waals surface area contributed by atoms with Crippen LogP contribution in [0.2, 0.25) is 0 Å². The number of carboxylic acid groups (broad SMARTS) is 1. The third-order valence-corrected chi connectivity index (χ3v) is 3.17. The van der Waals surface area contributed by atoms with E-state index in [0.717, 1.165) is 0 Å². The molecule has 110 valence electrons. The summed E-state index contributed by atoms with van der Waals surface area (Å²) in [6.07, 6.45) is -0.836. The van der Waals surface area contributed by atoms with E-state index in [1.165, 1.54) is 11.0 Å². The molecule has 0 radical (unpaired) electrons. The first-order chi connectivity index (χ1) is 9.30. The van der Waals surface area contributed by atoms with Crippen molar-refractivity contribution in [2.24, 2.45) is 5.73 Å². The molecule has 0 aliphatic carbocycles. The van der Waals surface area contributed by atoms with Crippen LogP contribution in [0.25, 0.3) is 0 Å². The molecule has 1 aliphatic heterocycles. The van der Waals surface area contributed by atoms with Gasteiger partial charge in [-0.15, -0.1) is 0 Å². The molecule has 1 unspecified atom stereocenters. The second-order valence-corrected chi connectivity index (χ2v) is 4.91. The van der Waals surface area contributed by atoms with Gasteiger partial charge >= 0.3 is 5.97 Å². The fraction of sp³-hybridized carbons (Fsp3) is 0.583. The smallest absolute Gasteiger partial charge is 0.305 e. The molecule has 2 rings (SSSR count). The van der Waals surface area contributed by atoms with E-state index in [-0.39, 0.29) is 13.0 Å². The Kier molecular flexibility index (Phi) is 3.85. The van der Waals surface area contributed by atoms with Crippen molar-refractivity contribution >= 4 is 11.8 Å². The van der Waals surface area contributed by atoms with Crippen LogP contribution < -0.4 is 10.6 Å². The zero-order chi connectivity index (χ0) is 14.9. The first-order valence-corrected chi connectivity index (χ1v) is 6.21. The summed E-state index contributed by atoms with van der Waals surface area (Å²) in [5.41, 5.74) is 6.04. The molecular formula is C12H16F2N4O2. The molecule has 0 saturated carbocycles. The molecule has 1 aromatic rings. The lowest BCUT2D eigenvalue weighted by molar-refractivity contribution is -0.137. The van der Waals surface area contributed by atoms with E-state index >= 15 is 0 Å². The lowest BCUT2D eigenvalue weighted by Crippen LogP contribution is -2.33. The molecule has 20 heavy (non-hydrogen) atoms. The number of alkyl halides is 2. The van der Waals surface area contributed by atoms with Gasteiger partial charge in [-0.2, -0.15) is 0 Å². The summed E-state index contributed by atoms with van der Waals surface area (Å²) in [7, 11) is 0. The maximum Gasteiger partial charge on any atom is 0.305 e. The largest absolute Gasteiger partial charge is 0.481 e. The first kappa shape index (κ1) is 14.6. The summed E-state index contributed by atoms with van der Waals surface area (Å²) in [6.45, 7) is 1.28. The number of halogens is 2. The zero-order valence-corrected chi connectivity index (χ0v) is 11.0. The fourth-order valence-corrected chi connectivity index (χ4v) is 2.41. The Morgan fingerprint density at radius 2 is 2.30 bits per heavy atom. The molecule has 1 atom stereocenters. The Bertz CT molecular complexity index is 524. The third kappa shape index (κ3) is 3.19. The highest BCUT2D eigenvalue weighted by atomic mass is 19.3. The number of carboxylic acids is 1. The van der Waals surface area contributed by atoms with Crippen LogP contribution in [0.15, 0.2) is 6.07 Å². The predicted octanol–water partition coefficient (Wildman–Crippen LogP) is 0.932. The van der Waals surface area contributed by atoms with Gasteiger partial charge in [-0.05, 0) is 6.92 Å². The van der Waals surface area contributed by atoms with Crippen LogP contribution in [0.5, 0.6) is 0 Å². The summed E-state index contributed by atoms with van der Waals surface area (Å²) in [5, 5.41) is 8.84. The van der Waals surface area contributed by atoms with Crippen LogP contribution in [0.4, 0.5) is 14.6 Å². The number of nitrogens with two attached hydrogens (primary N) is 1. The SMILES string of the molecule is Cc1nc(CN)cc(N2CC(F)(F)CC2CC(=O)O)n1. The number of aromatic nitrogens is 2. The quantitative estimate of drug-likeness (QED) is 0.855. The standard InChI is InChI=1S/C12H16F2N4O2/c1-7-16-8(5-15)2-10(17-7)18-6-12(13,14)4-9(18)3-11(19)20/h2,9H,3-6,15H2,1H3,(H,19,20). The Balaban J connectivity index is 2.33. The molecule has 2 heterocycles. The molecule has 6 nitrogen and oxygen atoms in total. The number of rotatable bonds is 4. The van der Waals surface area contributed by atoms with Crippen LogP contribution in [-0.2, 0) is 11.3 Å². The molecule has 0 amide bonds. The predicted molar refractivity (Wildman–Crippen MR) is 67.6 cm³/mol. The molecule has 0 spiro atoms. The van der Waals surface area contributed by atoms with Gasteiger partial charge in [0.05, 0.1) is 18.7 Å². The highest BCUT2D eigenvalue weighted by molar-refractivity contribution is 5.68. The van der Waals surface area contributed by atoms with Crippen molar-refractivity contribution in [1.82, 2.24) is 9.97 Å². The van der Waals surface area contributed by atoms with Gasteiger partial charge in [0.25, 0.3) is 5.92 Å². The van der Waals surface area contributed by atoms with Gasteiger partial charge in [-0.1, -0.05) is 0 Å². The lowest BCUT2D eigenvalue weighted by atomic mass is 10.1. The minimum Gasteiger partial charge on any atom is -0.481 e. The first-order valence-electron chi connectivity index (χ1n) is 6.21. The van der Waals surface area contributed by atoms with Crippen LogP contribution in [0, 0.1) is 6.92 Å². The number of nitrogens with zero attached hydrogens (tertiary/aromatic N) is 3. The number of hydrogen-bond acceptors (Lipinski definition) is 5. The molecule has 1 aliphatic rings. The minimum absolute atomic E-state index is 0.171. The van der Waals surface area contributed by atoms with Crippen molar-refractivity contribution in [2.45, 2.75) is 38.3 Å². The lowest BCUT2D eigenvalue weighted by Gasteiger charge is -2.24. The summed E-state index contributed by atoms with van der Waals surface area (Å²) in [6, 6.07) is 0.755. The summed E-state index contributed by atoms with van der Waals surface area (Å²) < 4.78 is 27.1. The molecule has 1 saturated heterocycles. The Hall–Kier alpha value is -1.83. The van der Waals surface area contributed by atoms with Gasteiger partial charge in [-0.3, -0.25) is 4.79 Å². The molecule has 0 bridgehead atoms. The summed E-state index contributed by atoms with van der Waals surface area (Å²) in [5.74, 6) is -3.29. The molecule has 1 aromatic heterocycles. The maximum atomic E-state index is 13.6. The topological polar surface area (TPSA) is 92.3 Å². The highest BCUT2D eigenvalue weighted by Crippen LogP contribution is 2.36. The molecule has 0 aromatic carbocycles. The van der Waals surface area contributed by atoms with Gasteiger partial charge in [0.2, 0.25) is 0 Å². The Morgan fingerprint density at radius 3 is 2.90 bits per heavy atom. The van der Waals surface area contributed by atoms with Crippen molar-refractivity contribution < 1.29 is 18.7 Å². The normalized spacial score (nSPS) is 21.2. The highest BCUT2D eigenvalue weighted by Gasteiger charge is 2.46. The van der Waals surface area contributed by atoms with Crippen LogP contribution in [0.1, 0.15) is 24.4 Å². The maximum absolute atomic E-state index is 13.6. The molecular weight excluding hydrogens is 270 g/mol. The van der Waals surface area contributed by atoms with Gasteiger partial charge in [0, 0.05) is 25.1 Å². The van der Waals surface area contributed by atoms with E-state index in [1.54, 1.807) is 6.92 Å². The van der Waals surface area contributed by atoms with Crippen LogP contribution in [0.3, 0.4) is 0 Å². The molecule has 8 heteroatoms. The zero-order valence-electron chi connectivity index (χ0n) is 11.0.